The van der Waals surface area contributed by atoms with Gasteiger partial charge in [-0.2, -0.15) is 0 Å². The van der Waals surface area contributed by atoms with E-state index < -0.39 is 0 Å². The van der Waals surface area contributed by atoms with Gasteiger partial charge < -0.3 is 8.83 Å². The Morgan fingerprint density at radius 2 is 1.05 bits per heavy atom. The number of furan rings is 2. The molecule has 1 unspecified atom stereocenters. The molecule has 11 aromatic rings. The van der Waals surface area contributed by atoms with Crippen LogP contribution in [-0.2, 0) is 0 Å². The van der Waals surface area contributed by atoms with Crippen molar-refractivity contribution in [2.45, 2.75) is 19.3 Å². The molecular formula is C56H37N3O2. The van der Waals surface area contributed by atoms with Gasteiger partial charge in [-0.3, -0.25) is 0 Å². The fourth-order valence-corrected chi connectivity index (χ4v) is 9.31. The van der Waals surface area contributed by atoms with Crippen LogP contribution in [0.3, 0.4) is 0 Å². The van der Waals surface area contributed by atoms with E-state index in [-0.39, 0.29) is 0 Å². The fraction of sp³-hybridized carbons (Fsp3) is 0.0536. The summed E-state index contributed by atoms with van der Waals surface area (Å²) in [4.78, 5) is 16.3. The zero-order valence-corrected chi connectivity index (χ0v) is 33.3. The van der Waals surface area contributed by atoms with Crippen LogP contribution in [0.1, 0.15) is 30.4 Å². The zero-order valence-electron chi connectivity index (χ0n) is 33.3. The van der Waals surface area contributed by atoms with Crippen LogP contribution in [0, 0.1) is 0 Å². The fourth-order valence-electron chi connectivity index (χ4n) is 9.31. The molecule has 0 saturated heterocycles. The van der Waals surface area contributed by atoms with Gasteiger partial charge in [0, 0.05) is 38.2 Å². The third-order valence-electron chi connectivity index (χ3n) is 12.2. The number of aromatic nitrogens is 3. The molecule has 0 aliphatic heterocycles. The monoisotopic (exact) mass is 783 g/mol. The summed E-state index contributed by atoms with van der Waals surface area (Å²) in [6, 6.07) is 61.2. The Bertz CT molecular complexity index is 3530. The number of para-hydroxylation sites is 2. The molecule has 0 fully saturated rings. The highest BCUT2D eigenvalue weighted by Crippen LogP contribution is 2.45. The molecule has 12 rings (SSSR count). The van der Waals surface area contributed by atoms with E-state index in [1.807, 2.05) is 36.4 Å². The Morgan fingerprint density at radius 3 is 1.89 bits per heavy atom. The lowest BCUT2D eigenvalue weighted by Crippen LogP contribution is -2.07. The average Bonchev–Trinajstić information content (AvgIpc) is 3.90. The highest BCUT2D eigenvalue weighted by Gasteiger charge is 2.26. The molecule has 0 spiro atoms. The van der Waals surface area contributed by atoms with Crippen LogP contribution >= 0.6 is 0 Å². The van der Waals surface area contributed by atoms with Crippen LogP contribution in [-0.4, -0.2) is 15.0 Å². The zero-order chi connectivity index (χ0) is 40.4. The van der Waals surface area contributed by atoms with E-state index in [0.717, 1.165) is 94.8 Å². The van der Waals surface area contributed by atoms with Gasteiger partial charge in [-0.15, -0.1) is 0 Å². The number of rotatable bonds is 6. The Morgan fingerprint density at radius 1 is 0.426 bits per heavy atom. The summed E-state index contributed by atoms with van der Waals surface area (Å²) in [5, 5.41) is 4.09. The van der Waals surface area contributed by atoms with E-state index in [9.17, 15) is 0 Å². The van der Waals surface area contributed by atoms with E-state index in [1.165, 1.54) is 16.7 Å². The summed E-state index contributed by atoms with van der Waals surface area (Å²) in [5.74, 6) is 2.04. The summed E-state index contributed by atoms with van der Waals surface area (Å²) in [7, 11) is 0. The number of fused-ring (bicyclic) bond motifs is 7. The molecule has 5 heteroatoms. The minimum atomic E-state index is 0.306. The predicted molar refractivity (Wildman–Crippen MR) is 249 cm³/mol. The summed E-state index contributed by atoms with van der Waals surface area (Å²) in [5.41, 5.74) is 15.1. The molecule has 0 amide bonds. The standard InChI is InChI=1S/C56H37N3O2/c1-34-14-12-23-44-45(29-28-40(51(34)44)36-17-6-3-7-18-36)55-57-54(39-26-27-43-42-21-8-10-24-47(42)61-50(43)33-39)58-56(59-55)53-41(30-31-49-52(53)46-22-9-11-25-48(46)60-49)38-20-13-19-37(32-38)35-15-4-2-5-16-35/h2-13,15-34H,14H2,1H3. The lowest BCUT2D eigenvalue weighted by molar-refractivity contribution is 0.668. The average molecular weight is 784 g/mol. The van der Waals surface area contributed by atoms with Crippen molar-refractivity contribution in [2.75, 3.05) is 0 Å². The molecule has 0 N–H and O–H groups in total. The van der Waals surface area contributed by atoms with Crippen molar-refractivity contribution in [3.63, 3.8) is 0 Å². The Kier molecular flexibility index (Phi) is 8.13. The van der Waals surface area contributed by atoms with Crippen LogP contribution < -0.4 is 0 Å². The maximum Gasteiger partial charge on any atom is 0.165 e. The molecular weight excluding hydrogens is 747 g/mol. The highest BCUT2D eigenvalue weighted by atomic mass is 16.3. The molecule has 288 valence electrons. The Hall–Kier alpha value is -7.89. The number of hydrogen-bond acceptors (Lipinski definition) is 5. The van der Waals surface area contributed by atoms with Gasteiger partial charge >= 0.3 is 0 Å². The van der Waals surface area contributed by atoms with Gasteiger partial charge in [-0.25, -0.2) is 15.0 Å². The third kappa shape index (κ3) is 5.89. The smallest absolute Gasteiger partial charge is 0.165 e. The molecule has 3 aromatic heterocycles. The van der Waals surface area contributed by atoms with Crippen LogP contribution in [0.25, 0.3) is 117 Å². The summed E-state index contributed by atoms with van der Waals surface area (Å²) in [6.45, 7) is 2.31. The molecule has 1 aliphatic carbocycles. The van der Waals surface area contributed by atoms with Crippen molar-refractivity contribution >= 4 is 50.0 Å². The molecule has 0 bridgehead atoms. The SMILES string of the molecule is CC1CC=Cc2c(-c3nc(-c4ccc5c(c4)oc4ccccc45)nc(-c4c(-c5cccc(-c6ccccc6)c5)ccc5oc6ccccc6c45)n3)ccc(-c3ccccc3)c21. The van der Waals surface area contributed by atoms with E-state index in [4.69, 9.17) is 23.8 Å². The van der Waals surface area contributed by atoms with Crippen molar-refractivity contribution in [1.82, 2.24) is 15.0 Å². The second-order valence-corrected chi connectivity index (χ2v) is 15.9. The van der Waals surface area contributed by atoms with Gasteiger partial charge in [0.05, 0.1) is 0 Å². The van der Waals surface area contributed by atoms with Crippen molar-refractivity contribution in [1.29, 1.82) is 0 Å². The Balaban J connectivity index is 1.15. The minimum absolute atomic E-state index is 0.306. The summed E-state index contributed by atoms with van der Waals surface area (Å²) < 4.78 is 13.0. The Labute approximate surface area is 352 Å². The third-order valence-corrected chi connectivity index (χ3v) is 12.2. The summed E-state index contributed by atoms with van der Waals surface area (Å²) in [6.07, 6.45) is 5.49. The molecule has 1 aliphatic rings. The van der Waals surface area contributed by atoms with Crippen LogP contribution in [0.2, 0.25) is 0 Å². The molecule has 0 radical (unpaired) electrons. The van der Waals surface area contributed by atoms with Crippen LogP contribution in [0.4, 0.5) is 0 Å². The van der Waals surface area contributed by atoms with Gasteiger partial charge in [0.2, 0.25) is 0 Å². The van der Waals surface area contributed by atoms with Gasteiger partial charge in [0.25, 0.3) is 0 Å². The number of hydrogen-bond donors (Lipinski definition) is 0. The van der Waals surface area contributed by atoms with E-state index in [2.05, 4.69) is 159 Å². The second-order valence-electron chi connectivity index (χ2n) is 15.9. The quantitative estimate of drug-likeness (QED) is 0.168. The lowest BCUT2D eigenvalue weighted by Gasteiger charge is -2.24. The van der Waals surface area contributed by atoms with Gasteiger partial charge in [-0.05, 0) is 105 Å². The maximum atomic E-state index is 6.55. The van der Waals surface area contributed by atoms with Crippen molar-refractivity contribution in [3.05, 3.63) is 193 Å². The topological polar surface area (TPSA) is 65.0 Å². The first kappa shape index (κ1) is 35.1. The van der Waals surface area contributed by atoms with Crippen molar-refractivity contribution in [2.24, 2.45) is 0 Å². The minimum Gasteiger partial charge on any atom is -0.456 e. The first-order chi connectivity index (χ1) is 30.1. The van der Waals surface area contributed by atoms with Crippen molar-refractivity contribution in [3.8, 4) is 67.5 Å². The molecule has 61 heavy (non-hydrogen) atoms. The highest BCUT2D eigenvalue weighted by molar-refractivity contribution is 6.15. The molecule has 3 heterocycles. The summed E-state index contributed by atoms with van der Waals surface area (Å²) >= 11 is 0. The first-order valence-electron chi connectivity index (χ1n) is 20.8. The van der Waals surface area contributed by atoms with Crippen LogP contribution in [0.5, 0.6) is 0 Å². The normalized spacial score (nSPS) is 13.7. The molecule has 5 nitrogen and oxygen atoms in total. The largest absolute Gasteiger partial charge is 0.456 e. The molecule has 1 atom stereocenters. The van der Waals surface area contributed by atoms with Gasteiger partial charge in [0.15, 0.2) is 17.5 Å². The van der Waals surface area contributed by atoms with E-state index in [0.29, 0.717) is 23.4 Å². The number of benzene rings is 8. The molecule has 0 saturated carbocycles. The predicted octanol–water partition coefficient (Wildman–Crippen LogP) is 15.2. The van der Waals surface area contributed by atoms with Gasteiger partial charge in [0.1, 0.15) is 22.3 Å². The van der Waals surface area contributed by atoms with Gasteiger partial charge in [-0.1, -0.05) is 146 Å². The van der Waals surface area contributed by atoms with Crippen LogP contribution in [0.15, 0.2) is 191 Å². The van der Waals surface area contributed by atoms with E-state index in [1.54, 1.807) is 0 Å². The maximum absolute atomic E-state index is 6.55. The van der Waals surface area contributed by atoms with Crippen molar-refractivity contribution < 1.29 is 8.83 Å². The van der Waals surface area contributed by atoms with E-state index >= 15 is 0 Å². The lowest BCUT2D eigenvalue weighted by atomic mass is 9.80. The molecule has 8 aromatic carbocycles. The second kappa shape index (κ2) is 14.1. The number of nitrogens with zero attached hydrogens (tertiary/aromatic N) is 3. The number of allylic oxidation sites excluding steroid dienone is 1. The first-order valence-corrected chi connectivity index (χ1v) is 20.8.